The number of nitrogens with zero attached hydrogens (tertiary/aromatic N) is 1. The molecule has 0 fully saturated rings. The zero-order valence-electron chi connectivity index (χ0n) is 17.2. The molecule has 0 atom stereocenters. The minimum atomic E-state index is -0.483. The number of esters is 1. The summed E-state index contributed by atoms with van der Waals surface area (Å²) in [4.78, 5) is 25.7. The van der Waals surface area contributed by atoms with Crippen molar-refractivity contribution in [2.75, 3.05) is 13.2 Å². The largest absolute Gasteiger partial charge is 0.484 e. The second kappa shape index (κ2) is 9.93. The van der Waals surface area contributed by atoms with Gasteiger partial charge in [0.1, 0.15) is 22.7 Å². The Balaban J connectivity index is 1.54. The number of furan rings is 1. The summed E-state index contributed by atoms with van der Waals surface area (Å²) < 4.78 is 16.8. The minimum absolute atomic E-state index is 0.231. The van der Waals surface area contributed by atoms with Crippen LogP contribution in [0.2, 0.25) is 0 Å². The van der Waals surface area contributed by atoms with Crippen molar-refractivity contribution in [3.63, 3.8) is 0 Å². The molecule has 0 aliphatic heterocycles. The minimum Gasteiger partial charge on any atom is -0.484 e. The first-order valence-electron chi connectivity index (χ1n) is 9.93. The number of fused-ring (bicyclic) bond motifs is 1. The van der Waals surface area contributed by atoms with Crippen LogP contribution in [0.25, 0.3) is 22.3 Å². The van der Waals surface area contributed by atoms with Crippen LogP contribution in [-0.2, 0) is 9.53 Å². The van der Waals surface area contributed by atoms with Crippen molar-refractivity contribution in [2.45, 2.75) is 6.92 Å². The van der Waals surface area contributed by atoms with Gasteiger partial charge in [-0.2, -0.15) is 5.10 Å². The number of carbonyl (C=O) groups is 2. The summed E-state index contributed by atoms with van der Waals surface area (Å²) in [6.07, 6.45) is 1.57. The number of ether oxygens (including phenoxy) is 2. The van der Waals surface area contributed by atoms with Crippen molar-refractivity contribution in [3.05, 3.63) is 76.5 Å². The van der Waals surface area contributed by atoms with Gasteiger partial charge in [0.25, 0.3) is 5.91 Å². The van der Waals surface area contributed by atoms with Crippen molar-refractivity contribution in [2.24, 2.45) is 5.10 Å². The number of hydrogen-bond donors (Lipinski definition) is 1. The molecule has 0 aliphatic carbocycles. The highest BCUT2D eigenvalue weighted by molar-refractivity contribution is 7.11. The monoisotopic (exact) mass is 448 g/mol. The maximum atomic E-state index is 12.7. The van der Waals surface area contributed by atoms with Crippen LogP contribution >= 0.6 is 11.3 Å². The van der Waals surface area contributed by atoms with Gasteiger partial charge in [0.05, 0.1) is 12.8 Å². The molecule has 1 N–H and O–H groups in total. The molecule has 8 heteroatoms. The number of carbonyl (C=O) groups excluding carboxylic acids is 2. The second-order valence-corrected chi connectivity index (χ2v) is 7.63. The van der Waals surface area contributed by atoms with Crippen molar-refractivity contribution < 1.29 is 23.5 Å². The number of rotatable bonds is 8. The Morgan fingerprint density at radius 2 is 1.97 bits per heavy atom. The summed E-state index contributed by atoms with van der Waals surface area (Å²) >= 11 is 1.51. The first-order valence-corrected chi connectivity index (χ1v) is 10.8. The van der Waals surface area contributed by atoms with E-state index in [1.165, 1.54) is 11.3 Å². The fourth-order valence-electron chi connectivity index (χ4n) is 3.08. The van der Waals surface area contributed by atoms with E-state index in [4.69, 9.17) is 13.9 Å². The molecule has 4 rings (SSSR count). The molecule has 0 saturated carbocycles. The molecular weight excluding hydrogens is 428 g/mol. The molecule has 2 heterocycles. The summed E-state index contributed by atoms with van der Waals surface area (Å²) in [5, 5.41) is 6.37. The van der Waals surface area contributed by atoms with Crippen LogP contribution in [0.15, 0.2) is 75.6 Å². The Labute approximate surface area is 188 Å². The predicted octanol–water partition coefficient (Wildman–Crippen LogP) is 4.87. The van der Waals surface area contributed by atoms with Crippen LogP contribution in [0.3, 0.4) is 0 Å². The fraction of sp³-hybridized carbons (Fsp3) is 0.125. The maximum absolute atomic E-state index is 12.7. The maximum Gasteiger partial charge on any atom is 0.342 e. The van der Waals surface area contributed by atoms with Gasteiger partial charge in [0.15, 0.2) is 6.61 Å². The SMILES string of the molecule is CCOC(=O)c1c(-c2ccccc2)oc2ccc(OCC(=O)N/N=C/c3cccs3)cc12. The molecule has 0 spiro atoms. The highest BCUT2D eigenvalue weighted by Gasteiger charge is 2.23. The first-order chi connectivity index (χ1) is 15.7. The summed E-state index contributed by atoms with van der Waals surface area (Å²) in [6, 6.07) is 18.2. The van der Waals surface area contributed by atoms with Crippen molar-refractivity contribution >= 4 is 40.4 Å². The number of thiophene rings is 1. The molecule has 4 aromatic rings. The van der Waals surface area contributed by atoms with Gasteiger partial charge in [0.2, 0.25) is 0 Å². The Bertz CT molecular complexity index is 1250. The summed E-state index contributed by atoms with van der Waals surface area (Å²) in [7, 11) is 0. The molecule has 0 radical (unpaired) electrons. The van der Waals surface area contributed by atoms with E-state index >= 15 is 0 Å². The normalized spacial score (nSPS) is 11.0. The number of hydrogen-bond acceptors (Lipinski definition) is 7. The van der Waals surface area contributed by atoms with E-state index in [-0.39, 0.29) is 13.2 Å². The molecule has 162 valence electrons. The van der Waals surface area contributed by atoms with E-state index in [0.717, 1.165) is 10.4 Å². The van der Waals surface area contributed by atoms with Gasteiger partial charge in [-0.3, -0.25) is 4.79 Å². The number of hydrazone groups is 1. The number of benzene rings is 2. The third-order valence-electron chi connectivity index (χ3n) is 4.47. The lowest BCUT2D eigenvalue weighted by Gasteiger charge is -2.06. The molecule has 2 aromatic heterocycles. The van der Waals surface area contributed by atoms with Gasteiger partial charge < -0.3 is 13.9 Å². The van der Waals surface area contributed by atoms with Gasteiger partial charge in [0, 0.05) is 15.8 Å². The van der Waals surface area contributed by atoms with Gasteiger partial charge in [-0.05, 0) is 36.6 Å². The van der Waals surface area contributed by atoms with Crippen molar-refractivity contribution in [1.29, 1.82) is 0 Å². The molecule has 1 amide bonds. The first kappa shape index (κ1) is 21.3. The fourth-order valence-corrected chi connectivity index (χ4v) is 3.66. The van der Waals surface area contributed by atoms with Gasteiger partial charge >= 0.3 is 5.97 Å². The Hall–Kier alpha value is -3.91. The van der Waals surface area contributed by atoms with Crippen molar-refractivity contribution in [3.8, 4) is 17.1 Å². The molecule has 7 nitrogen and oxygen atoms in total. The number of amides is 1. The Morgan fingerprint density at radius 3 is 2.72 bits per heavy atom. The zero-order chi connectivity index (χ0) is 22.3. The molecule has 0 aliphatic rings. The van der Waals surface area contributed by atoms with Crippen LogP contribution in [0, 0.1) is 0 Å². The predicted molar refractivity (Wildman–Crippen MR) is 123 cm³/mol. The smallest absolute Gasteiger partial charge is 0.342 e. The van der Waals surface area contributed by atoms with E-state index in [2.05, 4.69) is 10.5 Å². The van der Waals surface area contributed by atoms with Crippen LogP contribution in [0.1, 0.15) is 22.2 Å². The highest BCUT2D eigenvalue weighted by Crippen LogP contribution is 2.36. The van der Waals surface area contributed by atoms with Crippen LogP contribution in [-0.4, -0.2) is 31.3 Å². The summed E-state index contributed by atoms with van der Waals surface area (Å²) in [5.74, 6) is -0.0405. The van der Waals surface area contributed by atoms with E-state index in [9.17, 15) is 9.59 Å². The molecule has 0 saturated heterocycles. The zero-order valence-corrected chi connectivity index (χ0v) is 18.1. The van der Waals surface area contributed by atoms with Crippen LogP contribution < -0.4 is 10.2 Å². The van der Waals surface area contributed by atoms with E-state index < -0.39 is 11.9 Å². The molecular formula is C24H20N2O5S. The molecule has 0 bridgehead atoms. The van der Waals surface area contributed by atoms with Gasteiger partial charge in [-0.1, -0.05) is 36.4 Å². The van der Waals surface area contributed by atoms with E-state index in [0.29, 0.717) is 28.0 Å². The third-order valence-corrected chi connectivity index (χ3v) is 5.28. The molecule has 2 aromatic carbocycles. The van der Waals surface area contributed by atoms with E-state index in [1.807, 2.05) is 47.8 Å². The molecule has 0 unspecified atom stereocenters. The second-order valence-electron chi connectivity index (χ2n) is 6.65. The standard InChI is InChI=1S/C24H20N2O5S/c1-2-29-24(28)22-19-13-17(30-15-21(27)26-25-14-18-9-6-12-32-18)10-11-20(19)31-23(22)16-7-4-3-5-8-16/h3-14H,2,15H2,1H3,(H,26,27)/b25-14+. The lowest BCUT2D eigenvalue weighted by molar-refractivity contribution is -0.123. The topological polar surface area (TPSA) is 90.1 Å². The van der Waals surface area contributed by atoms with E-state index in [1.54, 1.807) is 31.3 Å². The Kier molecular flexibility index (Phi) is 6.62. The summed E-state index contributed by atoms with van der Waals surface area (Å²) in [6.45, 7) is 1.75. The lowest BCUT2D eigenvalue weighted by atomic mass is 10.1. The third kappa shape index (κ3) is 4.87. The van der Waals surface area contributed by atoms with Gasteiger partial charge in [-0.25, -0.2) is 10.2 Å². The average molecular weight is 449 g/mol. The number of nitrogens with one attached hydrogen (secondary N) is 1. The van der Waals surface area contributed by atoms with Crippen LogP contribution in [0.4, 0.5) is 0 Å². The lowest BCUT2D eigenvalue weighted by Crippen LogP contribution is -2.24. The summed E-state index contributed by atoms with van der Waals surface area (Å²) in [5.41, 5.74) is 4.02. The Morgan fingerprint density at radius 1 is 1.12 bits per heavy atom. The van der Waals surface area contributed by atoms with Gasteiger partial charge in [-0.15, -0.1) is 11.3 Å². The average Bonchev–Trinajstić information content (AvgIpc) is 3.46. The highest BCUT2D eigenvalue weighted by atomic mass is 32.1. The molecule has 32 heavy (non-hydrogen) atoms. The quantitative estimate of drug-likeness (QED) is 0.236. The van der Waals surface area contributed by atoms with Crippen molar-refractivity contribution in [1.82, 2.24) is 5.43 Å². The van der Waals surface area contributed by atoms with Crippen LogP contribution in [0.5, 0.6) is 5.75 Å².